The highest BCUT2D eigenvalue weighted by Crippen LogP contribution is 2.47. The number of fused-ring (bicyclic) bond motifs is 1. The number of imidazole rings is 1. The molecule has 0 spiro atoms. The number of nitrogens with zero attached hydrogens (tertiary/aromatic N) is 4. The SMILES string of the molecule is N#CC1(c2ccc(-c3n[nH]c(=O)c4nccn34)cc2)CC1. The van der Waals surface area contributed by atoms with Crippen molar-refractivity contribution in [2.24, 2.45) is 0 Å². The highest BCUT2D eigenvalue weighted by Gasteiger charge is 2.44. The normalized spacial score (nSPS) is 15.8. The molecule has 1 fully saturated rings. The second-order valence-electron chi connectivity index (χ2n) is 5.27. The molecule has 0 amide bonds. The lowest BCUT2D eigenvalue weighted by Gasteiger charge is -2.08. The van der Waals surface area contributed by atoms with Crippen molar-refractivity contribution in [2.75, 3.05) is 0 Å². The molecule has 0 saturated heterocycles. The Morgan fingerprint density at radius 2 is 2.05 bits per heavy atom. The molecule has 0 radical (unpaired) electrons. The van der Waals surface area contributed by atoms with E-state index in [1.807, 2.05) is 24.3 Å². The average molecular weight is 277 g/mol. The van der Waals surface area contributed by atoms with Gasteiger partial charge in [0, 0.05) is 18.0 Å². The molecule has 102 valence electrons. The van der Waals surface area contributed by atoms with Gasteiger partial charge in [-0.1, -0.05) is 24.3 Å². The summed E-state index contributed by atoms with van der Waals surface area (Å²) in [7, 11) is 0. The molecule has 1 saturated carbocycles. The molecule has 2 aromatic heterocycles. The number of hydrogen-bond donors (Lipinski definition) is 1. The Balaban J connectivity index is 1.83. The molecule has 1 aromatic carbocycles. The highest BCUT2D eigenvalue weighted by atomic mass is 16.1. The van der Waals surface area contributed by atoms with Gasteiger partial charge in [-0.3, -0.25) is 9.20 Å². The Hall–Kier alpha value is -2.94. The van der Waals surface area contributed by atoms with Crippen LogP contribution in [0.15, 0.2) is 41.5 Å². The summed E-state index contributed by atoms with van der Waals surface area (Å²) >= 11 is 0. The molecule has 0 atom stereocenters. The summed E-state index contributed by atoms with van der Waals surface area (Å²) in [4.78, 5) is 15.6. The molecular weight excluding hydrogens is 266 g/mol. The summed E-state index contributed by atoms with van der Waals surface area (Å²) in [5.41, 5.74) is 1.62. The quantitative estimate of drug-likeness (QED) is 0.771. The Labute approximate surface area is 119 Å². The fourth-order valence-corrected chi connectivity index (χ4v) is 2.58. The van der Waals surface area contributed by atoms with Crippen LogP contribution in [-0.4, -0.2) is 19.6 Å². The minimum atomic E-state index is -0.318. The number of aromatic nitrogens is 4. The second-order valence-corrected chi connectivity index (χ2v) is 5.27. The molecular formula is C15H11N5O. The number of H-pyrrole nitrogens is 1. The molecule has 1 aliphatic carbocycles. The number of hydrogen-bond acceptors (Lipinski definition) is 4. The summed E-state index contributed by atoms with van der Waals surface area (Å²) in [6, 6.07) is 10.1. The first-order chi connectivity index (χ1) is 10.2. The van der Waals surface area contributed by atoms with E-state index >= 15 is 0 Å². The van der Waals surface area contributed by atoms with Gasteiger partial charge >= 0.3 is 5.56 Å². The van der Waals surface area contributed by atoms with Crippen molar-refractivity contribution in [3.8, 4) is 17.5 Å². The van der Waals surface area contributed by atoms with E-state index in [1.54, 1.807) is 16.8 Å². The van der Waals surface area contributed by atoms with Crippen LogP contribution < -0.4 is 5.56 Å². The van der Waals surface area contributed by atoms with Crippen LogP contribution in [0.3, 0.4) is 0 Å². The maximum Gasteiger partial charge on any atom is 0.307 e. The number of rotatable bonds is 2. The van der Waals surface area contributed by atoms with Crippen LogP contribution in [0, 0.1) is 11.3 Å². The van der Waals surface area contributed by atoms with Gasteiger partial charge in [-0.2, -0.15) is 10.4 Å². The van der Waals surface area contributed by atoms with E-state index in [-0.39, 0.29) is 11.0 Å². The van der Waals surface area contributed by atoms with E-state index < -0.39 is 0 Å². The number of benzene rings is 1. The fraction of sp³-hybridized carbons (Fsp3) is 0.200. The van der Waals surface area contributed by atoms with Crippen LogP contribution in [0.2, 0.25) is 0 Å². The largest absolute Gasteiger partial charge is 0.307 e. The van der Waals surface area contributed by atoms with E-state index in [1.165, 1.54) is 0 Å². The minimum Gasteiger partial charge on any atom is -0.278 e. The lowest BCUT2D eigenvalue weighted by Crippen LogP contribution is -2.14. The van der Waals surface area contributed by atoms with Gasteiger partial charge in [-0.25, -0.2) is 10.1 Å². The van der Waals surface area contributed by atoms with Crippen molar-refractivity contribution in [2.45, 2.75) is 18.3 Å². The summed E-state index contributed by atoms with van der Waals surface area (Å²) in [5.74, 6) is 0.621. The van der Waals surface area contributed by atoms with E-state index in [0.717, 1.165) is 24.0 Å². The van der Waals surface area contributed by atoms with Crippen molar-refractivity contribution in [3.63, 3.8) is 0 Å². The minimum absolute atomic E-state index is 0.290. The van der Waals surface area contributed by atoms with E-state index in [0.29, 0.717) is 11.5 Å². The molecule has 21 heavy (non-hydrogen) atoms. The van der Waals surface area contributed by atoms with Crippen molar-refractivity contribution in [1.82, 2.24) is 19.6 Å². The zero-order chi connectivity index (χ0) is 14.4. The van der Waals surface area contributed by atoms with Crippen molar-refractivity contribution < 1.29 is 0 Å². The van der Waals surface area contributed by atoms with Gasteiger partial charge in [0.15, 0.2) is 5.82 Å². The van der Waals surface area contributed by atoms with Crippen molar-refractivity contribution >= 4 is 5.65 Å². The summed E-state index contributed by atoms with van der Waals surface area (Å²) in [6.07, 6.45) is 5.12. The van der Waals surface area contributed by atoms with Crippen molar-refractivity contribution in [1.29, 1.82) is 5.26 Å². The first-order valence-electron chi connectivity index (χ1n) is 6.67. The zero-order valence-corrected chi connectivity index (χ0v) is 11.1. The molecule has 1 aliphatic rings. The van der Waals surface area contributed by atoms with Crippen LogP contribution in [0.5, 0.6) is 0 Å². The Bertz CT molecular complexity index is 925. The molecule has 0 unspecified atom stereocenters. The lowest BCUT2D eigenvalue weighted by atomic mass is 9.96. The van der Waals surface area contributed by atoms with E-state index in [2.05, 4.69) is 21.3 Å². The second kappa shape index (κ2) is 4.03. The number of nitriles is 1. The fourth-order valence-electron chi connectivity index (χ4n) is 2.58. The summed E-state index contributed by atoms with van der Waals surface area (Å²) in [5, 5.41) is 15.8. The maximum absolute atomic E-state index is 11.6. The zero-order valence-electron chi connectivity index (χ0n) is 11.1. The van der Waals surface area contributed by atoms with Gasteiger partial charge in [-0.05, 0) is 18.4 Å². The third-order valence-corrected chi connectivity index (χ3v) is 4.00. The van der Waals surface area contributed by atoms with Gasteiger partial charge in [0.2, 0.25) is 5.65 Å². The van der Waals surface area contributed by atoms with Crippen LogP contribution in [0.1, 0.15) is 18.4 Å². The molecule has 6 nitrogen and oxygen atoms in total. The predicted molar refractivity (Wildman–Crippen MR) is 75.6 cm³/mol. The Kier molecular flexibility index (Phi) is 2.27. The average Bonchev–Trinajstić information content (AvgIpc) is 3.17. The van der Waals surface area contributed by atoms with Gasteiger partial charge in [-0.15, -0.1) is 0 Å². The maximum atomic E-state index is 11.6. The topological polar surface area (TPSA) is 86.8 Å². The van der Waals surface area contributed by atoms with E-state index in [4.69, 9.17) is 0 Å². The summed E-state index contributed by atoms with van der Waals surface area (Å²) < 4.78 is 1.66. The predicted octanol–water partition coefficient (Wildman–Crippen LogP) is 1.64. The number of nitrogens with one attached hydrogen (secondary N) is 1. The molecule has 2 heterocycles. The molecule has 6 heteroatoms. The first-order valence-corrected chi connectivity index (χ1v) is 6.67. The van der Waals surface area contributed by atoms with Gasteiger partial charge in [0.25, 0.3) is 0 Å². The Morgan fingerprint density at radius 3 is 2.71 bits per heavy atom. The van der Waals surface area contributed by atoms with Crippen LogP contribution in [-0.2, 0) is 5.41 Å². The Morgan fingerprint density at radius 1 is 1.29 bits per heavy atom. The third kappa shape index (κ3) is 1.68. The highest BCUT2D eigenvalue weighted by molar-refractivity contribution is 5.59. The first kappa shape index (κ1) is 11.9. The van der Waals surface area contributed by atoms with Crippen LogP contribution >= 0.6 is 0 Å². The third-order valence-electron chi connectivity index (χ3n) is 4.00. The molecule has 1 N–H and O–H groups in total. The van der Waals surface area contributed by atoms with Gasteiger partial charge in [0.05, 0.1) is 11.5 Å². The summed E-state index contributed by atoms with van der Waals surface area (Å²) in [6.45, 7) is 0. The standard InChI is InChI=1S/C15H11N5O/c16-9-15(5-6-15)11-3-1-10(2-4-11)12-18-19-14(21)13-17-7-8-20(12)13/h1-4,7-8H,5-6H2,(H,19,21). The van der Waals surface area contributed by atoms with E-state index in [9.17, 15) is 10.1 Å². The monoisotopic (exact) mass is 277 g/mol. The van der Waals surface area contributed by atoms with Gasteiger partial charge in [0.1, 0.15) is 0 Å². The lowest BCUT2D eigenvalue weighted by molar-refractivity contribution is 0.905. The number of aromatic amines is 1. The van der Waals surface area contributed by atoms with Crippen LogP contribution in [0.4, 0.5) is 0 Å². The smallest absolute Gasteiger partial charge is 0.278 e. The van der Waals surface area contributed by atoms with Crippen molar-refractivity contribution in [3.05, 3.63) is 52.6 Å². The van der Waals surface area contributed by atoms with Gasteiger partial charge < -0.3 is 0 Å². The molecule has 0 aliphatic heterocycles. The molecule has 4 rings (SSSR count). The van der Waals surface area contributed by atoms with Crippen LogP contribution in [0.25, 0.3) is 17.0 Å². The molecule has 3 aromatic rings. The molecule has 0 bridgehead atoms.